The molecule has 0 unspecified atom stereocenters. The number of rotatable bonds is 4. The van der Waals surface area contributed by atoms with Crippen molar-refractivity contribution >= 4 is 46.1 Å². The molecule has 8 bridgehead atoms. The summed E-state index contributed by atoms with van der Waals surface area (Å²) in [7, 11) is 0. The van der Waals surface area contributed by atoms with Crippen molar-refractivity contribution in [2.45, 2.75) is 0 Å². The Labute approximate surface area is 279 Å². The Balaban J connectivity index is 1.50. The minimum absolute atomic E-state index is 0.353. The SMILES string of the molecule is C1=CC2=NC1=CC1=C(c3ccccc3)C(c3ccccc3)=C(C=C3C=CC(=N3)C=c3ccc([nH]3)=C2)[N+]1(c1ccccc1)c1ccccc1. The molecule has 4 nitrogen and oxygen atoms in total. The Hall–Kier alpha value is -6.36. The minimum atomic E-state index is 0.353. The zero-order valence-corrected chi connectivity index (χ0v) is 26.2. The van der Waals surface area contributed by atoms with E-state index in [4.69, 9.17) is 9.98 Å². The standard InChI is InChI=1S/C44H31N4/c1-5-13-31(14-6-1)43-41-29-37-25-23-35(46-37)27-33-21-22-34(45-33)28-36-24-26-38(47-36)30-42(44(43)32-15-7-2-8-16-32)48(41,39-17-9-3-10-18-39)40-19-11-4-12-20-40/h1-30,45H/q+1. The Morgan fingerprint density at radius 2 is 0.792 bits per heavy atom. The monoisotopic (exact) mass is 615 g/mol. The van der Waals surface area contributed by atoms with Crippen LogP contribution >= 0.6 is 0 Å². The van der Waals surface area contributed by atoms with Crippen LogP contribution in [-0.2, 0) is 0 Å². The number of H-pyrrole nitrogens is 1. The fourth-order valence-corrected chi connectivity index (χ4v) is 7.17. The number of aromatic amines is 1. The molecule has 1 N–H and O–H groups in total. The normalized spacial score (nSPS) is 17.4. The molecule has 5 heterocycles. The van der Waals surface area contributed by atoms with E-state index in [2.05, 4.69) is 187 Å². The Kier molecular flexibility index (Phi) is 6.66. The molecule has 5 aromatic rings. The van der Waals surface area contributed by atoms with Crippen LogP contribution in [0, 0.1) is 0 Å². The maximum atomic E-state index is 5.15. The zero-order valence-electron chi connectivity index (χ0n) is 26.2. The van der Waals surface area contributed by atoms with Gasteiger partial charge >= 0.3 is 0 Å². The van der Waals surface area contributed by atoms with Gasteiger partial charge < -0.3 is 4.98 Å². The molecule has 4 aliphatic heterocycles. The second-order valence-electron chi connectivity index (χ2n) is 12.1. The van der Waals surface area contributed by atoms with Crippen molar-refractivity contribution < 1.29 is 0 Å². The molecule has 4 heteroatoms. The Bertz CT molecular complexity index is 2280. The third-order valence-electron chi connectivity index (χ3n) is 9.17. The molecule has 48 heavy (non-hydrogen) atoms. The third kappa shape index (κ3) is 4.66. The van der Waals surface area contributed by atoms with Gasteiger partial charge in [-0.05, 0) is 59.7 Å². The van der Waals surface area contributed by atoms with Gasteiger partial charge in [0.15, 0.2) is 11.4 Å². The fraction of sp³-hybridized carbons (Fsp3) is 0. The molecule has 0 amide bonds. The minimum Gasteiger partial charge on any atom is -0.355 e. The van der Waals surface area contributed by atoms with Crippen LogP contribution in [0.1, 0.15) is 11.1 Å². The van der Waals surface area contributed by atoms with E-state index in [0.717, 1.165) is 78.6 Å². The molecule has 4 aliphatic rings. The van der Waals surface area contributed by atoms with Crippen LogP contribution in [0.4, 0.5) is 11.4 Å². The second kappa shape index (κ2) is 11.5. The second-order valence-corrected chi connectivity index (χ2v) is 12.1. The predicted octanol–water partition coefficient (Wildman–Crippen LogP) is 8.55. The molecule has 1 aromatic heterocycles. The average molecular weight is 616 g/mol. The molecule has 9 rings (SSSR count). The van der Waals surface area contributed by atoms with E-state index in [1.807, 2.05) is 0 Å². The lowest BCUT2D eigenvalue weighted by atomic mass is 9.91. The predicted molar refractivity (Wildman–Crippen MR) is 199 cm³/mol. The van der Waals surface area contributed by atoms with Crippen molar-refractivity contribution in [3.05, 3.63) is 215 Å². The first-order chi connectivity index (χ1) is 23.8. The molecule has 4 aromatic carbocycles. The van der Waals surface area contributed by atoms with E-state index in [0.29, 0.717) is 4.48 Å². The number of hydrogen-bond donors (Lipinski definition) is 1. The Morgan fingerprint density at radius 3 is 1.21 bits per heavy atom. The van der Waals surface area contributed by atoms with Gasteiger partial charge in [0.2, 0.25) is 0 Å². The van der Waals surface area contributed by atoms with E-state index in [1.165, 1.54) is 0 Å². The highest BCUT2D eigenvalue weighted by Gasteiger charge is 2.51. The van der Waals surface area contributed by atoms with Gasteiger partial charge in [-0.3, -0.25) is 0 Å². The van der Waals surface area contributed by atoms with Crippen LogP contribution in [0.25, 0.3) is 23.3 Å². The highest BCUT2D eigenvalue weighted by molar-refractivity contribution is 6.20. The number of allylic oxidation sites excluding steroid dienone is 8. The quantitative estimate of drug-likeness (QED) is 0.197. The maximum Gasteiger partial charge on any atom is 0.159 e. The van der Waals surface area contributed by atoms with Crippen LogP contribution in [0.2, 0.25) is 0 Å². The number of para-hydroxylation sites is 2. The lowest BCUT2D eigenvalue weighted by Crippen LogP contribution is -2.39. The number of hydrogen-bond acceptors (Lipinski definition) is 2. The lowest BCUT2D eigenvalue weighted by molar-refractivity contribution is 0.615. The lowest BCUT2D eigenvalue weighted by Gasteiger charge is -2.36. The molecule has 0 radical (unpaired) electrons. The number of nitrogens with one attached hydrogen (secondary N) is 1. The van der Waals surface area contributed by atoms with E-state index in [9.17, 15) is 0 Å². The molecular weight excluding hydrogens is 585 g/mol. The van der Waals surface area contributed by atoms with Crippen molar-refractivity contribution in [1.29, 1.82) is 0 Å². The van der Waals surface area contributed by atoms with Crippen LogP contribution in [0.3, 0.4) is 0 Å². The molecule has 0 saturated heterocycles. The van der Waals surface area contributed by atoms with Crippen LogP contribution < -0.4 is 15.2 Å². The molecule has 226 valence electrons. The van der Waals surface area contributed by atoms with Crippen molar-refractivity contribution in [2.24, 2.45) is 9.98 Å². The third-order valence-corrected chi connectivity index (χ3v) is 9.17. The topological polar surface area (TPSA) is 40.5 Å². The van der Waals surface area contributed by atoms with Crippen molar-refractivity contribution in [3.63, 3.8) is 0 Å². The number of quaternary nitrogens is 1. The average Bonchev–Trinajstić information content (AvgIpc) is 3.94. The molecule has 0 spiro atoms. The van der Waals surface area contributed by atoms with E-state index < -0.39 is 0 Å². The highest BCUT2D eigenvalue weighted by atomic mass is 15.4. The van der Waals surface area contributed by atoms with Gasteiger partial charge in [0.05, 0.1) is 34.0 Å². The number of aliphatic imine (C=N–C) groups is 2. The summed E-state index contributed by atoms with van der Waals surface area (Å²) >= 11 is 0. The van der Waals surface area contributed by atoms with Crippen molar-refractivity contribution in [3.8, 4) is 0 Å². The fourth-order valence-electron chi connectivity index (χ4n) is 7.17. The molecule has 0 fully saturated rings. The molecule has 0 saturated carbocycles. The highest BCUT2D eigenvalue weighted by Crippen LogP contribution is 2.57. The summed E-state index contributed by atoms with van der Waals surface area (Å²) in [5.74, 6) is 0. The van der Waals surface area contributed by atoms with Crippen LogP contribution in [0.5, 0.6) is 0 Å². The summed E-state index contributed by atoms with van der Waals surface area (Å²) in [6.45, 7) is 0. The summed E-state index contributed by atoms with van der Waals surface area (Å²) in [6.07, 6.45) is 17.2. The number of fused-ring (bicyclic) bond motifs is 6. The Morgan fingerprint density at radius 1 is 0.396 bits per heavy atom. The van der Waals surface area contributed by atoms with E-state index in [1.54, 1.807) is 0 Å². The molecule has 0 aliphatic carbocycles. The zero-order chi connectivity index (χ0) is 31.9. The first-order valence-electron chi connectivity index (χ1n) is 16.2. The van der Waals surface area contributed by atoms with Crippen LogP contribution in [-0.4, -0.2) is 16.4 Å². The van der Waals surface area contributed by atoms with Gasteiger partial charge in [-0.25, -0.2) is 9.98 Å². The van der Waals surface area contributed by atoms with Gasteiger partial charge in [-0.1, -0.05) is 97.1 Å². The summed E-state index contributed by atoms with van der Waals surface area (Å²) in [6, 6.07) is 47.4. The largest absolute Gasteiger partial charge is 0.355 e. The van der Waals surface area contributed by atoms with Crippen molar-refractivity contribution in [2.75, 3.05) is 0 Å². The summed E-state index contributed by atoms with van der Waals surface area (Å²) in [5.41, 5.74) is 12.6. The first kappa shape index (κ1) is 27.9. The summed E-state index contributed by atoms with van der Waals surface area (Å²) in [4.78, 5) is 13.8. The van der Waals surface area contributed by atoms with E-state index in [-0.39, 0.29) is 0 Å². The summed E-state index contributed by atoms with van der Waals surface area (Å²) in [5, 5.41) is 1.99. The maximum absolute atomic E-state index is 5.15. The van der Waals surface area contributed by atoms with E-state index >= 15 is 0 Å². The van der Waals surface area contributed by atoms with Crippen LogP contribution in [0.15, 0.2) is 203 Å². The summed E-state index contributed by atoms with van der Waals surface area (Å²) < 4.78 is 0.353. The van der Waals surface area contributed by atoms with Crippen molar-refractivity contribution in [1.82, 2.24) is 9.47 Å². The van der Waals surface area contributed by atoms with Gasteiger partial charge in [0.25, 0.3) is 0 Å². The molecular formula is C44H31N4+. The number of aromatic nitrogens is 1. The van der Waals surface area contributed by atoms with Gasteiger partial charge in [-0.15, -0.1) is 0 Å². The molecule has 0 atom stereocenters. The van der Waals surface area contributed by atoms with Gasteiger partial charge in [0, 0.05) is 47.1 Å². The number of benzene rings is 4. The van der Waals surface area contributed by atoms with Gasteiger partial charge in [0.1, 0.15) is 11.4 Å². The first-order valence-corrected chi connectivity index (χ1v) is 16.2. The number of nitrogens with zero attached hydrogens (tertiary/aromatic N) is 3. The smallest absolute Gasteiger partial charge is 0.159 e. The van der Waals surface area contributed by atoms with Gasteiger partial charge in [-0.2, -0.15) is 4.48 Å².